The highest BCUT2D eigenvalue weighted by atomic mass is 19.2. The van der Waals surface area contributed by atoms with Crippen molar-refractivity contribution in [1.29, 1.82) is 0 Å². The third-order valence-corrected chi connectivity index (χ3v) is 5.47. The van der Waals surface area contributed by atoms with Gasteiger partial charge in [-0.3, -0.25) is 9.59 Å². The summed E-state index contributed by atoms with van der Waals surface area (Å²) in [6.45, 7) is 4.10. The summed E-state index contributed by atoms with van der Waals surface area (Å²) in [5.74, 6) is -2.30. The number of carbonyl (C=O) groups excluding carboxylic acids is 2. The van der Waals surface area contributed by atoms with Crippen LogP contribution in [-0.2, 0) is 9.59 Å². The largest absolute Gasteiger partial charge is 0.497 e. The zero-order chi connectivity index (χ0) is 23.7. The first-order valence-electron chi connectivity index (χ1n) is 10.4. The minimum atomic E-state index is -1.07. The van der Waals surface area contributed by atoms with Crippen molar-refractivity contribution < 1.29 is 23.1 Å². The second kappa shape index (κ2) is 8.86. The molecule has 0 unspecified atom stereocenters. The molecule has 3 aromatic rings. The van der Waals surface area contributed by atoms with Crippen molar-refractivity contribution in [2.45, 2.75) is 19.8 Å². The van der Waals surface area contributed by atoms with Gasteiger partial charge < -0.3 is 10.1 Å². The predicted octanol–water partition coefficient (Wildman–Crippen LogP) is 5.49. The quantitative estimate of drug-likeness (QED) is 0.507. The van der Waals surface area contributed by atoms with Crippen LogP contribution in [0.15, 0.2) is 72.4 Å². The number of ether oxygens (including phenoxy) is 1. The predicted molar refractivity (Wildman–Crippen MR) is 123 cm³/mol. The Kier molecular flexibility index (Phi) is 5.96. The van der Waals surface area contributed by atoms with E-state index in [1.807, 2.05) is 26.0 Å². The zero-order valence-electron chi connectivity index (χ0n) is 18.4. The van der Waals surface area contributed by atoms with Gasteiger partial charge in [0.1, 0.15) is 11.4 Å². The topological polar surface area (TPSA) is 58.6 Å². The monoisotopic (exact) mass is 448 g/mol. The lowest BCUT2D eigenvalue weighted by atomic mass is 10.0. The van der Waals surface area contributed by atoms with E-state index < -0.39 is 23.4 Å². The Balaban J connectivity index is 1.78. The first-order chi connectivity index (χ1) is 15.8. The van der Waals surface area contributed by atoms with E-state index in [-0.39, 0.29) is 17.0 Å². The molecule has 0 fully saturated rings. The van der Waals surface area contributed by atoms with Crippen LogP contribution in [0.4, 0.5) is 20.2 Å². The fourth-order valence-corrected chi connectivity index (χ4v) is 3.63. The van der Waals surface area contributed by atoms with E-state index in [1.165, 1.54) is 13.2 Å². The van der Waals surface area contributed by atoms with Gasteiger partial charge in [0.25, 0.3) is 11.8 Å². The molecule has 7 heteroatoms. The van der Waals surface area contributed by atoms with Crippen molar-refractivity contribution in [2.75, 3.05) is 17.3 Å². The van der Waals surface area contributed by atoms with Crippen molar-refractivity contribution in [2.24, 2.45) is 0 Å². The molecular weight excluding hydrogens is 426 g/mol. The molecule has 2 amide bonds. The third kappa shape index (κ3) is 4.22. The average Bonchev–Trinajstić information content (AvgIpc) is 3.05. The Labute approximate surface area is 190 Å². The van der Waals surface area contributed by atoms with Gasteiger partial charge >= 0.3 is 0 Å². The standard InChI is InChI=1S/C26H22F2N2O3/c1-15(2)16-4-9-19(10-5-16)30-25(31)23(17-6-11-20(33-3)12-7-17)24(26(30)32)29-18-8-13-21(27)22(28)14-18/h4-15,29H,1-3H3. The molecule has 0 spiro atoms. The van der Waals surface area contributed by atoms with Gasteiger partial charge in [0.05, 0.1) is 18.4 Å². The molecule has 1 N–H and O–H groups in total. The molecule has 0 atom stereocenters. The molecule has 168 valence electrons. The molecule has 1 aliphatic rings. The lowest BCUT2D eigenvalue weighted by molar-refractivity contribution is -0.120. The molecule has 0 saturated heterocycles. The fourth-order valence-electron chi connectivity index (χ4n) is 3.63. The Morgan fingerprint density at radius 3 is 2.09 bits per heavy atom. The lowest BCUT2D eigenvalue weighted by Gasteiger charge is -2.16. The number of imide groups is 1. The van der Waals surface area contributed by atoms with Crippen molar-refractivity contribution in [1.82, 2.24) is 0 Å². The van der Waals surface area contributed by atoms with E-state index in [2.05, 4.69) is 5.32 Å². The van der Waals surface area contributed by atoms with E-state index in [9.17, 15) is 18.4 Å². The normalized spacial score (nSPS) is 13.8. The zero-order valence-corrected chi connectivity index (χ0v) is 18.4. The van der Waals surface area contributed by atoms with Crippen LogP contribution in [0.1, 0.15) is 30.9 Å². The number of anilines is 2. The van der Waals surface area contributed by atoms with E-state index in [0.29, 0.717) is 22.9 Å². The number of carbonyl (C=O) groups is 2. The summed E-state index contributed by atoms with van der Waals surface area (Å²) in [6, 6.07) is 17.0. The number of nitrogens with one attached hydrogen (secondary N) is 1. The SMILES string of the molecule is COc1ccc(C2=C(Nc3ccc(F)c(F)c3)C(=O)N(c3ccc(C(C)C)cc3)C2=O)cc1. The van der Waals surface area contributed by atoms with Gasteiger partial charge in [-0.05, 0) is 53.4 Å². The summed E-state index contributed by atoms with van der Waals surface area (Å²) >= 11 is 0. The summed E-state index contributed by atoms with van der Waals surface area (Å²) in [6.07, 6.45) is 0. The summed E-state index contributed by atoms with van der Waals surface area (Å²) in [4.78, 5) is 27.9. The third-order valence-electron chi connectivity index (χ3n) is 5.47. The number of hydrogen-bond acceptors (Lipinski definition) is 4. The van der Waals surface area contributed by atoms with Crippen LogP contribution in [0.5, 0.6) is 5.75 Å². The van der Waals surface area contributed by atoms with Gasteiger partial charge in [-0.15, -0.1) is 0 Å². The highest BCUT2D eigenvalue weighted by Crippen LogP contribution is 2.35. The molecule has 33 heavy (non-hydrogen) atoms. The number of benzene rings is 3. The molecule has 4 rings (SSSR count). The molecule has 1 heterocycles. The number of methoxy groups -OCH3 is 1. The minimum Gasteiger partial charge on any atom is -0.497 e. The Morgan fingerprint density at radius 2 is 1.52 bits per heavy atom. The maximum absolute atomic E-state index is 13.8. The Hall–Kier alpha value is -4.00. The van der Waals surface area contributed by atoms with Gasteiger partial charge in [0.15, 0.2) is 11.6 Å². The maximum atomic E-state index is 13.8. The first kappa shape index (κ1) is 22.2. The van der Waals surface area contributed by atoms with Crippen molar-refractivity contribution in [3.05, 3.63) is 95.2 Å². The first-order valence-corrected chi connectivity index (χ1v) is 10.4. The molecule has 1 aliphatic heterocycles. The van der Waals surface area contributed by atoms with Crippen LogP contribution in [0.3, 0.4) is 0 Å². The van der Waals surface area contributed by atoms with Crippen LogP contribution in [0, 0.1) is 11.6 Å². The molecule has 0 aromatic heterocycles. The highest BCUT2D eigenvalue weighted by Gasteiger charge is 2.40. The number of rotatable bonds is 6. The van der Waals surface area contributed by atoms with Crippen LogP contribution in [0.2, 0.25) is 0 Å². The van der Waals surface area contributed by atoms with E-state index in [0.717, 1.165) is 22.6 Å². The Morgan fingerprint density at radius 1 is 0.848 bits per heavy atom. The van der Waals surface area contributed by atoms with Gasteiger partial charge in [-0.1, -0.05) is 38.1 Å². The summed E-state index contributed by atoms with van der Waals surface area (Å²) in [5.41, 5.74) is 2.22. The second-order valence-electron chi connectivity index (χ2n) is 7.92. The van der Waals surface area contributed by atoms with Crippen molar-refractivity contribution in [3.8, 4) is 5.75 Å². The number of amides is 2. The summed E-state index contributed by atoms with van der Waals surface area (Å²) in [5, 5.41) is 2.83. The van der Waals surface area contributed by atoms with Gasteiger partial charge in [-0.2, -0.15) is 0 Å². The minimum absolute atomic E-state index is 0.0240. The molecule has 5 nitrogen and oxygen atoms in total. The van der Waals surface area contributed by atoms with E-state index >= 15 is 0 Å². The smallest absolute Gasteiger partial charge is 0.282 e. The van der Waals surface area contributed by atoms with Crippen LogP contribution in [0.25, 0.3) is 5.57 Å². The average molecular weight is 448 g/mol. The number of nitrogens with zero attached hydrogens (tertiary/aromatic N) is 1. The number of halogens is 2. The van der Waals surface area contributed by atoms with Gasteiger partial charge in [0, 0.05) is 11.8 Å². The summed E-state index contributed by atoms with van der Waals surface area (Å²) < 4.78 is 32.3. The molecule has 0 saturated carbocycles. The van der Waals surface area contributed by atoms with Crippen LogP contribution >= 0.6 is 0 Å². The van der Waals surface area contributed by atoms with Crippen LogP contribution < -0.4 is 15.0 Å². The molecule has 0 radical (unpaired) electrons. The Bertz CT molecular complexity index is 1250. The van der Waals surface area contributed by atoms with Gasteiger partial charge in [-0.25, -0.2) is 13.7 Å². The van der Waals surface area contributed by atoms with Crippen molar-refractivity contribution >= 4 is 28.8 Å². The van der Waals surface area contributed by atoms with Crippen LogP contribution in [-0.4, -0.2) is 18.9 Å². The fraction of sp³-hybridized carbons (Fsp3) is 0.154. The maximum Gasteiger partial charge on any atom is 0.282 e. The summed E-state index contributed by atoms with van der Waals surface area (Å²) in [7, 11) is 1.52. The lowest BCUT2D eigenvalue weighted by Crippen LogP contribution is -2.32. The second-order valence-corrected chi connectivity index (χ2v) is 7.92. The van der Waals surface area contributed by atoms with Crippen molar-refractivity contribution in [3.63, 3.8) is 0 Å². The highest BCUT2D eigenvalue weighted by molar-refractivity contribution is 6.46. The van der Waals surface area contributed by atoms with Gasteiger partial charge in [0.2, 0.25) is 0 Å². The van der Waals surface area contributed by atoms with E-state index in [1.54, 1.807) is 36.4 Å². The molecular formula is C26H22F2N2O3. The molecule has 3 aromatic carbocycles. The molecule has 0 bridgehead atoms. The number of hydrogen-bond donors (Lipinski definition) is 1. The molecule has 0 aliphatic carbocycles. The van der Waals surface area contributed by atoms with E-state index in [4.69, 9.17) is 4.74 Å².